The van der Waals surface area contributed by atoms with Crippen molar-refractivity contribution in [1.82, 2.24) is 10.2 Å². The first-order valence-corrected chi connectivity index (χ1v) is 7.96. The molecule has 2 unspecified atom stereocenters. The van der Waals surface area contributed by atoms with Crippen LogP contribution in [0.5, 0.6) is 0 Å². The summed E-state index contributed by atoms with van der Waals surface area (Å²) >= 11 is 0. The number of nitrogens with one attached hydrogen (secondary N) is 1. The van der Waals surface area contributed by atoms with Crippen LogP contribution in [0.25, 0.3) is 0 Å². The van der Waals surface area contributed by atoms with Crippen LogP contribution in [0.2, 0.25) is 0 Å². The molecular formula is C16H32N2. The van der Waals surface area contributed by atoms with Gasteiger partial charge in [-0.15, -0.1) is 0 Å². The monoisotopic (exact) mass is 252 g/mol. The molecule has 0 bridgehead atoms. The van der Waals surface area contributed by atoms with Crippen molar-refractivity contribution in [1.29, 1.82) is 0 Å². The normalized spacial score (nSPS) is 33.8. The molecule has 0 aromatic heterocycles. The fourth-order valence-electron chi connectivity index (χ4n) is 4.01. The van der Waals surface area contributed by atoms with E-state index in [4.69, 9.17) is 0 Å². The highest BCUT2D eigenvalue weighted by Gasteiger charge is 2.37. The van der Waals surface area contributed by atoms with Crippen molar-refractivity contribution in [3.63, 3.8) is 0 Å². The Morgan fingerprint density at radius 3 is 2.72 bits per heavy atom. The van der Waals surface area contributed by atoms with Crippen LogP contribution in [-0.4, -0.2) is 36.6 Å². The van der Waals surface area contributed by atoms with Gasteiger partial charge in [-0.2, -0.15) is 0 Å². The fourth-order valence-corrected chi connectivity index (χ4v) is 4.01. The Bertz CT molecular complexity index is 260. The van der Waals surface area contributed by atoms with Crippen LogP contribution in [0.15, 0.2) is 0 Å². The highest BCUT2D eigenvalue weighted by molar-refractivity contribution is 4.93. The van der Waals surface area contributed by atoms with Gasteiger partial charge in [-0.05, 0) is 30.6 Å². The maximum absolute atomic E-state index is 3.71. The molecule has 1 aliphatic carbocycles. The standard InChI is InChI=1S/C16H32N2/c1-13(2)11-14-12-18(10-9-17-14)15-7-5-6-8-16(15,3)4/h13-15,17H,5-12H2,1-4H3. The van der Waals surface area contributed by atoms with Crippen molar-refractivity contribution >= 4 is 0 Å². The molecule has 1 saturated heterocycles. The lowest BCUT2D eigenvalue weighted by Crippen LogP contribution is -2.58. The van der Waals surface area contributed by atoms with Gasteiger partial charge in [-0.25, -0.2) is 0 Å². The summed E-state index contributed by atoms with van der Waals surface area (Å²) in [7, 11) is 0. The minimum Gasteiger partial charge on any atom is -0.311 e. The zero-order valence-corrected chi connectivity index (χ0v) is 12.8. The van der Waals surface area contributed by atoms with Crippen molar-refractivity contribution in [3.8, 4) is 0 Å². The summed E-state index contributed by atoms with van der Waals surface area (Å²) in [5, 5.41) is 3.71. The number of rotatable bonds is 3. The highest BCUT2D eigenvalue weighted by Crippen LogP contribution is 2.39. The molecule has 18 heavy (non-hydrogen) atoms. The van der Waals surface area contributed by atoms with Crippen molar-refractivity contribution in [2.75, 3.05) is 19.6 Å². The van der Waals surface area contributed by atoms with E-state index in [1.54, 1.807) is 0 Å². The average molecular weight is 252 g/mol. The van der Waals surface area contributed by atoms with Gasteiger partial charge in [0.05, 0.1) is 0 Å². The quantitative estimate of drug-likeness (QED) is 0.829. The van der Waals surface area contributed by atoms with Crippen LogP contribution < -0.4 is 5.32 Å². The van der Waals surface area contributed by atoms with Crippen LogP contribution in [0.1, 0.15) is 59.8 Å². The first-order chi connectivity index (χ1) is 8.49. The molecular weight excluding hydrogens is 220 g/mol. The third kappa shape index (κ3) is 3.48. The molecule has 0 aromatic carbocycles. The minimum absolute atomic E-state index is 0.526. The zero-order chi connectivity index (χ0) is 13.2. The zero-order valence-electron chi connectivity index (χ0n) is 12.8. The second kappa shape index (κ2) is 5.92. The highest BCUT2D eigenvalue weighted by atomic mass is 15.2. The molecule has 0 radical (unpaired) electrons. The lowest BCUT2D eigenvalue weighted by Gasteiger charge is -2.48. The predicted octanol–water partition coefficient (Wildman–Crippen LogP) is 3.28. The van der Waals surface area contributed by atoms with Crippen LogP contribution >= 0.6 is 0 Å². The first-order valence-electron chi connectivity index (χ1n) is 7.96. The molecule has 0 spiro atoms. The smallest absolute Gasteiger partial charge is 0.0198 e. The van der Waals surface area contributed by atoms with Crippen LogP contribution in [0.4, 0.5) is 0 Å². The van der Waals surface area contributed by atoms with Crippen LogP contribution in [0, 0.1) is 11.3 Å². The van der Waals surface area contributed by atoms with E-state index in [1.165, 1.54) is 51.7 Å². The molecule has 2 rings (SSSR count). The molecule has 0 amide bonds. The topological polar surface area (TPSA) is 15.3 Å². The third-order valence-corrected chi connectivity index (χ3v) is 4.93. The lowest BCUT2D eigenvalue weighted by molar-refractivity contribution is 0.0270. The Morgan fingerprint density at radius 2 is 2.06 bits per heavy atom. The molecule has 2 fully saturated rings. The van der Waals surface area contributed by atoms with Gasteiger partial charge in [0.1, 0.15) is 0 Å². The Hall–Kier alpha value is -0.0800. The van der Waals surface area contributed by atoms with Gasteiger partial charge in [-0.1, -0.05) is 40.5 Å². The third-order valence-electron chi connectivity index (χ3n) is 4.93. The second-order valence-corrected chi connectivity index (χ2v) is 7.53. The van der Waals surface area contributed by atoms with E-state index in [2.05, 4.69) is 37.9 Å². The Labute approximate surface area is 114 Å². The largest absolute Gasteiger partial charge is 0.311 e. The summed E-state index contributed by atoms with van der Waals surface area (Å²) in [5.41, 5.74) is 0.526. The lowest BCUT2D eigenvalue weighted by atomic mass is 9.72. The predicted molar refractivity (Wildman–Crippen MR) is 78.9 cm³/mol. The molecule has 1 heterocycles. The van der Waals surface area contributed by atoms with Crippen molar-refractivity contribution in [3.05, 3.63) is 0 Å². The molecule has 2 heteroatoms. The van der Waals surface area contributed by atoms with Crippen LogP contribution in [0.3, 0.4) is 0 Å². The molecule has 2 atom stereocenters. The minimum atomic E-state index is 0.526. The summed E-state index contributed by atoms with van der Waals surface area (Å²) in [6.07, 6.45) is 7.03. The molecule has 1 N–H and O–H groups in total. The van der Waals surface area contributed by atoms with E-state index in [0.717, 1.165) is 18.0 Å². The molecule has 106 valence electrons. The maximum Gasteiger partial charge on any atom is 0.0198 e. The number of hydrogen-bond acceptors (Lipinski definition) is 2. The Morgan fingerprint density at radius 1 is 1.28 bits per heavy atom. The molecule has 2 aliphatic rings. The number of piperazine rings is 1. The first kappa shape index (κ1) is 14.3. The van der Waals surface area contributed by atoms with E-state index < -0.39 is 0 Å². The molecule has 1 saturated carbocycles. The van der Waals surface area contributed by atoms with Crippen LogP contribution in [-0.2, 0) is 0 Å². The Kier molecular flexibility index (Phi) is 4.71. The second-order valence-electron chi connectivity index (χ2n) is 7.53. The Balaban J connectivity index is 1.95. The van der Waals surface area contributed by atoms with Crippen molar-refractivity contribution < 1.29 is 0 Å². The molecule has 1 aliphatic heterocycles. The van der Waals surface area contributed by atoms with E-state index in [9.17, 15) is 0 Å². The number of nitrogens with zero attached hydrogens (tertiary/aromatic N) is 1. The number of hydrogen-bond donors (Lipinski definition) is 1. The van der Waals surface area contributed by atoms with Gasteiger partial charge in [0.25, 0.3) is 0 Å². The van der Waals surface area contributed by atoms with E-state index in [1.807, 2.05) is 0 Å². The fraction of sp³-hybridized carbons (Fsp3) is 1.00. The molecule has 0 aromatic rings. The van der Waals surface area contributed by atoms with Crippen molar-refractivity contribution in [2.45, 2.75) is 71.9 Å². The van der Waals surface area contributed by atoms with Gasteiger partial charge < -0.3 is 5.32 Å². The van der Waals surface area contributed by atoms with Crippen molar-refractivity contribution in [2.24, 2.45) is 11.3 Å². The summed E-state index contributed by atoms with van der Waals surface area (Å²) in [5.74, 6) is 0.807. The van der Waals surface area contributed by atoms with Gasteiger partial charge in [0, 0.05) is 31.7 Å². The van der Waals surface area contributed by atoms with Gasteiger partial charge in [-0.3, -0.25) is 4.90 Å². The van der Waals surface area contributed by atoms with Gasteiger partial charge in [0.15, 0.2) is 0 Å². The summed E-state index contributed by atoms with van der Waals surface area (Å²) in [4.78, 5) is 2.79. The van der Waals surface area contributed by atoms with E-state index >= 15 is 0 Å². The summed E-state index contributed by atoms with van der Waals surface area (Å²) in [6, 6.07) is 1.54. The maximum atomic E-state index is 3.71. The van der Waals surface area contributed by atoms with E-state index in [0.29, 0.717) is 5.41 Å². The van der Waals surface area contributed by atoms with Gasteiger partial charge >= 0.3 is 0 Å². The average Bonchev–Trinajstić information content (AvgIpc) is 2.27. The summed E-state index contributed by atoms with van der Waals surface area (Å²) in [6.45, 7) is 13.3. The van der Waals surface area contributed by atoms with Gasteiger partial charge in [0.2, 0.25) is 0 Å². The van der Waals surface area contributed by atoms with E-state index in [-0.39, 0.29) is 0 Å². The summed E-state index contributed by atoms with van der Waals surface area (Å²) < 4.78 is 0. The molecule has 2 nitrogen and oxygen atoms in total. The SMILES string of the molecule is CC(C)CC1CN(C2CCCCC2(C)C)CCN1.